The maximum Gasteiger partial charge on any atom is 0.472 e. The van der Waals surface area contributed by atoms with Crippen molar-refractivity contribution in [2.24, 2.45) is 5.92 Å². The van der Waals surface area contributed by atoms with E-state index in [9.17, 15) is 43.2 Å². The van der Waals surface area contributed by atoms with E-state index in [1.165, 1.54) is 302 Å². The van der Waals surface area contributed by atoms with Gasteiger partial charge in [-0.25, -0.2) is 9.13 Å². The van der Waals surface area contributed by atoms with Gasteiger partial charge in [-0.05, 0) is 31.6 Å². The van der Waals surface area contributed by atoms with Crippen molar-refractivity contribution in [2.75, 3.05) is 39.6 Å². The predicted molar refractivity (Wildman–Crippen MR) is 442 cm³/mol. The van der Waals surface area contributed by atoms with Gasteiger partial charge in [0.05, 0.1) is 26.4 Å². The molecule has 5 atom stereocenters. The van der Waals surface area contributed by atoms with Crippen molar-refractivity contribution in [3.63, 3.8) is 0 Å². The van der Waals surface area contributed by atoms with Crippen LogP contribution in [-0.4, -0.2) is 96.7 Å². The summed E-state index contributed by atoms with van der Waals surface area (Å²) in [5.41, 5.74) is 0. The number of phosphoric ester groups is 2. The third-order valence-corrected chi connectivity index (χ3v) is 22.7. The zero-order valence-corrected chi connectivity index (χ0v) is 72.1. The third kappa shape index (κ3) is 81.9. The smallest absolute Gasteiger partial charge is 0.462 e. The van der Waals surface area contributed by atoms with Gasteiger partial charge in [0.15, 0.2) is 12.2 Å². The first-order chi connectivity index (χ1) is 52.0. The van der Waals surface area contributed by atoms with Gasteiger partial charge in [-0.2, -0.15) is 0 Å². The van der Waals surface area contributed by atoms with E-state index in [1.807, 2.05) is 0 Å². The molecule has 0 saturated carbocycles. The van der Waals surface area contributed by atoms with Crippen LogP contribution in [0.2, 0.25) is 0 Å². The highest BCUT2D eigenvalue weighted by Gasteiger charge is 2.30. The molecule has 0 heterocycles. The Bertz CT molecular complexity index is 2030. The lowest BCUT2D eigenvalue weighted by Gasteiger charge is -2.21. The van der Waals surface area contributed by atoms with Gasteiger partial charge in [0.1, 0.15) is 19.3 Å². The highest BCUT2D eigenvalue weighted by molar-refractivity contribution is 7.47. The minimum atomic E-state index is -4.97. The van der Waals surface area contributed by atoms with Crippen molar-refractivity contribution in [2.45, 2.75) is 496 Å². The summed E-state index contributed by atoms with van der Waals surface area (Å²) < 4.78 is 69.0. The van der Waals surface area contributed by atoms with Crippen molar-refractivity contribution in [1.82, 2.24) is 0 Å². The molecule has 0 aromatic carbocycles. The lowest BCUT2D eigenvalue weighted by atomic mass is 10.0. The normalized spacial score (nSPS) is 13.7. The first-order valence-corrected chi connectivity index (χ1v) is 48.6. The molecule has 636 valence electrons. The summed E-state index contributed by atoms with van der Waals surface area (Å²) in [7, 11) is -9.93. The van der Waals surface area contributed by atoms with E-state index >= 15 is 0 Å². The van der Waals surface area contributed by atoms with E-state index in [4.69, 9.17) is 37.0 Å². The van der Waals surface area contributed by atoms with Crippen LogP contribution in [0.1, 0.15) is 478 Å². The van der Waals surface area contributed by atoms with Gasteiger partial charge in [0.25, 0.3) is 0 Å². The number of phosphoric acid groups is 2. The molecule has 0 radical (unpaired) electrons. The minimum Gasteiger partial charge on any atom is -0.462 e. The van der Waals surface area contributed by atoms with E-state index in [0.29, 0.717) is 25.7 Å². The first-order valence-electron chi connectivity index (χ1n) is 45.6. The van der Waals surface area contributed by atoms with E-state index in [-0.39, 0.29) is 25.7 Å². The average Bonchev–Trinajstić information content (AvgIpc) is 0.906. The maximum absolute atomic E-state index is 13.2. The lowest BCUT2D eigenvalue weighted by molar-refractivity contribution is -0.161. The van der Waals surface area contributed by atoms with Crippen molar-refractivity contribution >= 4 is 39.5 Å². The summed E-state index contributed by atoms with van der Waals surface area (Å²) in [6, 6.07) is 0. The Hall–Kier alpha value is -1.94. The molecule has 2 unspecified atom stereocenters. The van der Waals surface area contributed by atoms with Crippen molar-refractivity contribution in [3.8, 4) is 0 Å². The van der Waals surface area contributed by atoms with Crippen LogP contribution in [0, 0.1) is 5.92 Å². The second-order valence-electron chi connectivity index (χ2n) is 32.1. The number of aliphatic hydroxyl groups excluding tert-OH is 1. The molecule has 0 aliphatic carbocycles. The summed E-state index contributed by atoms with van der Waals surface area (Å²) in [4.78, 5) is 73.3. The van der Waals surface area contributed by atoms with E-state index < -0.39 is 97.5 Å². The Morgan fingerprint density at radius 3 is 0.636 bits per heavy atom. The molecule has 0 amide bonds. The Labute approximate surface area is 658 Å². The third-order valence-electron chi connectivity index (χ3n) is 20.8. The Kier molecular flexibility index (Phi) is 79.2. The summed E-state index contributed by atoms with van der Waals surface area (Å²) in [6.45, 7) is 7.37. The second kappa shape index (κ2) is 80.7. The molecule has 0 aliphatic rings. The zero-order valence-electron chi connectivity index (χ0n) is 70.3. The fourth-order valence-corrected chi connectivity index (χ4v) is 15.4. The number of hydrogen-bond donors (Lipinski definition) is 3. The van der Waals surface area contributed by atoms with Gasteiger partial charge in [0, 0.05) is 25.7 Å². The van der Waals surface area contributed by atoms with Gasteiger partial charge in [0.2, 0.25) is 0 Å². The molecular formula is C88H172O17P2. The number of ether oxygens (including phenoxy) is 4. The van der Waals surface area contributed by atoms with Crippen LogP contribution in [0.3, 0.4) is 0 Å². The molecule has 3 N–H and O–H groups in total. The van der Waals surface area contributed by atoms with Crippen LogP contribution < -0.4 is 0 Å². The number of carbonyl (C=O) groups is 4. The molecule has 17 nitrogen and oxygen atoms in total. The molecule has 19 heteroatoms. The van der Waals surface area contributed by atoms with E-state index in [0.717, 1.165) is 95.8 Å². The summed E-state index contributed by atoms with van der Waals surface area (Å²) in [6.07, 6.45) is 75.0. The number of rotatable bonds is 88. The monoisotopic (exact) mass is 1560 g/mol. The molecule has 107 heavy (non-hydrogen) atoms. The van der Waals surface area contributed by atoms with Gasteiger partial charge in [-0.1, -0.05) is 426 Å². The second-order valence-corrected chi connectivity index (χ2v) is 35.0. The number of hydrogen-bond acceptors (Lipinski definition) is 15. The minimum absolute atomic E-state index is 0.109. The van der Waals surface area contributed by atoms with Crippen LogP contribution in [-0.2, 0) is 65.4 Å². The van der Waals surface area contributed by atoms with Crippen LogP contribution in [0.15, 0.2) is 0 Å². The summed E-state index contributed by atoms with van der Waals surface area (Å²) in [5, 5.41) is 10.7. The van der Waals surface area contributed by atoms with Gasteiger partial charge in [-0.3, -0.25) is 37.3 Å². The number of carbonyl (C=O) groups excluding carboxylic acids is 4. The molecule has 0 spiro atoms. The number of unbranched alkanes of at least 4 members (excludes halogenated alkanes) is 60. The first kappa shape index (κ1) is 105. The highest BCUT2D eigenvalue weighted by Crippen LogP contribution is 2.45. The largest absolute Gasteiger partial charge is 0.472 e. The molecule has 0 saturated heterocycles. The molecule has 0 bridgehead atoms. The van der Waals surface area contributed by atoms with E-state index in [1.54, 1.807) is 0 Å². The van der Waals surface area contributed by atoms with Gasteiger partial charge < -0.3 is 33.8 Å². The van der Waals surface area contributed by atoms with Crippen molar-refractivity contribution in [3.05, 3.63) is 0 Å². The van der Waals surface area contributed by atoms with Crippen molar-refractivity contribution in [1.29, 1.82) is 0 Å². The Morgan fingerprint density at radius 1 is 0.252 bits per heavy atom. The molecule has 0 fully saturated rings. The maximum atomic E-state index is 13.2. The van der Waals surface area contributed by atoms with E-state index in [2.05, 4.69) is 34.6 Å². The predicted octanol–water partition coefficient (Wildman–Crippen LogP) is 27.2. The fraction of sp³-hybridized carbons (Fsp3) is 0.955. The fourth-order valence-electron chi connectivity index (χ4n) is 13.8. The number of aliphatic hydroxyl groups is 1. The van der Waals surface area contributed by atoms with Gasteiger partial charge in [-0.15, -0.1) is 0 Å². The van der Waals surface area contributed by atoms with Crippen molar-refractivity contribution < 1.29 is 80.2 Å². The number of esters is 4. The SMILES string of the molecule is CCCCCCCCCCCCCCCCCCCCCC(=O)OC[C@H](COP(=O)(O)OC[C@@H](O)COP(=O)(O)OC[C@@H](COC(=O)CCCCCCCCCCCC(C)C)OC(=O)CCCCCCCCCCCCCCCCCCC)OC(=O)CCCCCCCCCCCCCCCCCCCCC. The summed E-state index contributed by atoms with van der Waals surface area (Å²) >= 11 is 0. The average molecular weight is 1560 g/mol. The molecule has 0 aromatic heterocycles. The summed E-state index contributed by atoms with van der Waals surface area (Å²) in [5.74, 6) is -1.35. The molecular weight excluding hydrogens is 1390 g/mol. The molecule has 0 rings (SSSR count). The quantitative estimate of drug-likeness (QED) is 0.0222. The van der Waals surface area contributed by atoms with Crippen LogP contribution in [0.4, 0.5) is 0 Å². The van der Waals surface area contributed by atoms with Crippen LogP contribution in [0.25, 0.3) is 0 Å². The zero-order chi connectivity index (χ0) is 78.3. The molecule has 0 aliphatic heterocycles. The lowest BCUT2D eigenvalue weighted by Crippen LogP contribution is -2.30. The standard InChI is InChI=1S/C88H172O17P2/c1-6-9-12-15-18-21-24-27-30-33-35-38-40-43-46-51-56-61-66-71-85(90)98-77-83(104-87(92)74-69-64-59-53-48-45-42-39-36-34-31-28-25-22-19-16-13-10-7-2)79-102-106(94,95)100-75-82(89)76-101-107(96,97)103-80-84(78-99-86(91)72-67-62-57-54-49-50-55-60-65-70-81(4)5)105-88(93)73-68-63-58-52-47-44-41-37-32-29-26-23-20-17-14-11-8-3/h81-84,89H,6-80H2,1-5H3,(H,94,95)(H,96,97)/t82-,83-,84-/m1/s1. The van der Waals surface area contributed by atoms with Gasteiger partial charge >= 0.3 is 39.5 Å². The van der Waals surface area contributed by atoms with Crippen LogP contribution in [0.5, 0.6) is 0 Å². The Morgan fingerprint density at radius 2 is 0.430 bits per heavy atom. The molecule has 0 aromatic rings. The van der Waals surface area contributed by atoms with Crippen LogP contribution >= 0.6 is 15.6 Å². The highest BCUT2D eigenvalue weighted by atomic mass is 31.2. The Balaban J connectivity index is 5.25. The topological polar surface area (TPSA) is 237 Å².